The number of rotatable bonds is 7. The lowest BCUT2D eigenvalue weighted by atomic mass is 9.98. The average molecular weight is 417 g/mol. The fraction of sp³-hybridized carbons (Fsp3) is 0.200. The average Bonchev–Trinajstić information content (AvgIpc) is 3.11. The van der Waals surface area contributed by atoms with Crippen LogP contribution in [-0.2, 0) is 16.0 Å². The van der Waals surface area contributed by atoms with Gasteiger partial charge in [0.1, 0.15) is 6.61 Å². The van der Waals surface area contributed by atoms with Crippen molar-refractivity contribution in [3.05, 3.63) is 95.6 Å². The minimum atomic E-state index is -1.75. The zero-order valence-corrected chi connectivity index (χ0v) is 16.8. The highest BCUT2D eigenvalue weighted by atomic mass is 16.5. The van der Waals surface area contributed by atoms with Gasteiger partial charge in [-0.15, -0.1) is 0 Å². The zero-order chi connectivity index (χ0) is 21.8. The van der Waals surface area contributed by atoms with Crippen LogP contribution in [0.5, 0.6) is 0 Å². The number of aliphatic hydroxyl groups excluding tert-OH is 1. The Kier molecular flexibility index (Phi) is 6.00. The van der Waals surface area contributed by atoms with Crippen LogP contribution in [0.2, 0.25) is 0 Å². The highest BCUT2D eigenvalue weighted by molar-refractivity contribution is 5.79. The topological polar surface area (TPSA) is 95.9 Å². The number of carbonyl (C=O) groups is 2. The van der Waals surface area contributed by atoms with Crippen molar-refractivity contribution >= 4 is 12.1 Å². The SMILES string of the molecule is O=C(N[C@@H](Cc1ccccc1)C(O)C(=O)O)OCC1c2ccccc2-c2ccccc21. The molecule has 0 bridgehead atoms. The van der Waals surface area contributed by atoms with Crippen LogP contribution < -0.4 is 5.32 Å². The number of benzene rings is 3. The van der Waals surface area contributed by atoms with Gasteiger partial charge in [-0.25, -0.2) is 9.59 Å². The van der Waals surface area contributed by atoms with E-state index in [1.807, 2.05) is 66.7 Å². The molecule has 158 valence electrons. The van der Waals surface area contributed by atoms with Gasteiger partial charge in [0, 0.05) is 5.92 Å². The van der Waals surface area contributed by atoms with Crippen LogP contribution in [0, 0.1) is 0 Å². The molecule has 3 aromatic rings. The second-order valence-electron chi connectivity index (χ2n) is 7.55. The monoisotopic (exact) mass is 417 g/mol. The van der Waals surface area contributed by atoms with E-state index in [0.717, 1.165) is 27.8 Å². The van der Waals surface area contributed by atoms with Crippen LogP contribution in [0.4, 0.5) is 4.79 Å². The van der Waals surface area contributed by atoms with Crippen molar-refractivity contribution in [1.82, 2.24) is 5.32 Å². The van der Waals surface area contributed by atoms with Gasteiger partial charge in [-0.1, -0.05) is 78.9 Å². The van der Waals surface area contributed by atoms with E-state index in [9.17, 15) is 19.8 Å². The van der Waals surface area contributed by atoms with Gasteiger partial charge in [-0.3, -0.25) is 0 Å². The molecule has 0 radical (unpaired) electrons. The van der Waals surface area contributed by atoms with Crippen molar-refractivity contribution in [3.63, 3.8) is 0 Å². The number of fused-ring (bicyclic) bond motifs is 3. The summed E-state index contributed by atoms with van der Waals surface area (Å²) in [6.07, 6.45) is -2.35. The maximum atomic E-state index is 12.5. The number of carboxylic acid groups (broad SMARTS) is 1. The standard InChI is InChI=1S/C25H23NO5/c27-23(24(28)29)22(14-16-8-2-1-3-9-16)26-25(30)31-15-21-19-12-6-4-10-17(19)18-11-5-7-13-20(18)21/h1-13,21-23,27H,14-15H2,(H,26,30)(H,28,29)/t22-,23?/m0/s1. The molecule has 6 nitrogen and oxygen atoms in total. The Labute approximate surface area is 180 Å². The first-order valence-corrected chi connectivity index (χ1v) is 10.1. The third-order valence-electron chi connectivity index (χ3n) is 5.58. The summed E-state index contributed by atoms with van der Waals surface area (Å²) in [6, 6.07) is 24.1. The smallest absolute Gasteiger partial charge is 0.407 e. The molecular formula is C25H23NO5. The Balaban J connectivity index is 1.46. The number of aliphatic hydroxyl groups is 1. The fourth-order valence-electron chi connectivity index (χ4n) is 4.07. The molecule has 1 unspecified atom stereocenters. The molecule has 0 fully saturated rings. The van der Waals surface area contributed by atoms with E-state index in [0.29, 0.717) is 0 Å². The zero-order valence-electron chi connectivity index (χ0n) is 16.8. The Hall–Kier alpha value is -3.64. The second kappa shape index (κ2) is 9.02. The number of hydrogen-bond acceptors (Lipinski definition) is 4. The number of alkyl carbamates (subject to hydrolysis) is 1. The van der Waals surface area contributed by atoms with E-state index in [1.54, 1.807) is 12.1 Å². The lowest BCUT2D eigenvalue weighted by Crippen LogP contribution is -2.48. The fourth-order valence-corrected chi connectivity index (χ4v) is 4.07. The number of aliphatic carboxylic acids is 1. The van der Waals surface area contributed by atoms with Crippen LogP contribution >= 0.6 is 0 Å². The van der Waals surface area contributed by atoms with E-state index in [-0.39, 0.29) is 18.9 Å². The largest absolute Gasteiger partial charge is 0.479 e. The third-order valence-corrected chi connectivity index (χ3v) is 5.58. The quantitative estimate of drug-likeness (QED) is 0.546. The highest BCUT2D eigenvalue weighted by Gasteiger charge is 2.31. The summed E-state index contributed by atoms with van der Waals surface area (Å²) in [5.74, 6) is -1.50. The van der Waals surface area contributed by atoms with Gasteiger partial charge in [0.15, 0.2) is 6.10 Å². The van der Waals surface area contributed by atoms with Crippen molar-refractivity contribution in [3.8, 4) is 11.1 Å². The van der Waals surface area contributed by atoms with Crippen LogP contribution in [0.3, 0.4) is 0 Å². The van der Waals surface area contributed by atoms with E-state index < -0.39 is 24.2 Å². The summed E-state index contributed by atoms with van der Waals surface area (Å²) in [5.41, 5.74) is 5.21. The first-order valence-electron chi connectivity index (χ1n) is 10.1. The molecule has 0 heterocycles. The number of hydrogen-bond donors (Lipinski definition) is 3. The summed E-state index contributed by atoms with van der Waals surface area (Å²) in [5, 5.41) is 21.8. The van der Waals surface area contributed by atoms with Crippen molar-refractivity contribution in [2.75, 3.05) is 6.61 Å². The molecule has 0 aliphatic heterocycles. The van der Waals surface area contributed by atoms with Crippen molar-refractivity contribution in [2.45, 2.75) is 24.5 Å². The molecule has 0 saturated heterocycles. The molecule has 3 N–H and O–H groups in total. The van der Waals surface area contributed by atoms with Crippen molar-refractivity contribution in [2.24, 2.45) is 0 Å². The predicted octanol–water partition coefficient (Wildman–Crippen LogP) is 3.58. The molecule has 3 aromatic carbocycles. The number of amides is 1. The molecule has 6 heteroatoms. The number of carbonyl (C=O) groups excluding carboxylic acids is 1. The Morgan fingerprint density at radius 2 is 1.42 bits per heavy atom. The molecule has 0 aromatic heterocycles. The summed E-state index contributed by atoms with van der Waals surface area (Å²) >= 11 is 0. The maximum Gasteiger partial charge on any atom is 0.407 e. The van der Waals surface area contributed by atoms with Gasteiger partial charge in [0.05, 0.1) is 6.04 Å². The Morgan fingerprint density at radius 3 is 2.00 bits per heavy atom. The predicted molar refractivity (Wildman–Crippen MR) is 116 cm³/mol. The molecule has 1 aliphatic rings. The molecule has 31 heavy (non-hydrogen) atoms. The van der Waals surface area contributed by atoms with Crippen LogP contribution in [-0.4, -0.2) is 41.0 Å². The molecule has 0 spiro atoms. The molecule has 2 atom stereocenters. The van der Waals surface area contributed by atoms with Crippen LogP contribution in [0.1, 0.15) is 22.6 Å². The first-order chi connectivity index (χ1) is 15.0. The lowest BCUT2D eigenvalue weighted by Gasteiger charge is -2.22. The normalized spacial score (nSPS) is 14.2. The molecule has 0 saturated carbocycles. The molecular weight excluding hydrogens is 394 g/mol. The minimum Gasteiger partial charge on any atom is -0.479 e. The Bertz CT molecular complexity index is 1040. The highest BCUT2D eigenvalue weighted by Crippen LogP contribution is 2.44. The Morgan fingerprint density at radius 1 is 0.871 bits per heavy atom. The molecule has 1 aliphatic carbocycles. The lowest BCUT2D eigenvalue weighted by molar-refractivity contribution is -0.148. The van der Waals surface area contributed by atoms with Crippen molar-refractivity contribution in [1.29, 1.82) is 0 Å². The second-order valence-corrected chi connectivity index (χ2v) is 7.55. The van der Waals surface area contributed by atoms with Gasteiger partial charge in [-0.2, -0.15) is 0 Å². The van der Waals surface area contributed by atoms with Gasteiger partial charge >= 0.3 is 12.1 Å². The van der Waals surface area contributed by atoms with Crippen molar-refractivity contribution < 1.29 is 24.5 Å². The summed E-state index contributed by atoms with van der Waals surface area (Å²) < 4.78 is 5.48. The number of carboxylic acids is 1. The molecule has 1 amide bonds. The van der Waals surface area contributed by atoms with Crippen LogP contribution in [0.25, 0.3) is 11.1 Å². The van der Waals surface area contributed by atoms with E-state index in [1.165, 1.54) is 0 Å². The number of ether oxygens (including phenoxy) is 1. The summed E-state index contributed by atoms with van der Waals surface area (Å²) in [6.45, 7) is 0.112. The minimum absolute atomic E-state index is 0.102. The maximum absolute atomic E-state index is 12.5. The summed E-state index contributed by atoms with van der Waals surface area (Å²) in [7, 11) is 0. The van der Waals surface area contributed by atoms with Gasteiger partial charge in [0.25, 0.3) is 0 Å². The molecule has 4 rings (SSSR count). The number of nitrogens with one attached hydrogen (secondary N) is 1. The van der Waals surface area contributed by atoms with Gasteiger partial charge < -0.3 is 20.3 Å². The van der Waals surface area contributed by atoms with E-state index in [4.69, 9.17) is 4.74 Å². The van der Waals surface area contributed by atoms with Crippen LogP contribution in [0.15, 0.2) is 78.9 Å². The first kappa shape index (κ1) is 20.6. The third kappa shape index (κ3) is 4.44. The van der Waals surface area contributed by atoms with E-state index in [2.05, 4.69) is 5.32 Å². The van der Waals surface area contributed by atoms with Gasteiger partial charge in [-0.05, 0) is 34.2 Å². The van der Waals surface area contributed by atoms with E-state index >= 15 is 0 Å². The summed E-state index contributed by atoms with van der Waals surface area (Å²) in [4.78, 5) is 23.8. The van der Waals surface area contributed by atoms with Gasteiger partial charge in [0.2, 0.25) is 0 Å².